The Bertz CT molecular complexity index is 1340. The molecule has 0 aromatic carbocycles. The number of hydrogen-bond acceptors (Lipinski definition) is 7. The minimum Gasteiger partial charge on any atom is -0.477 e. The molecule has 0 aliphatic rings. The second kappa shape index (κ2) is 61.8. The zero-order chi connectivity index (χ0) is 57.6. The third-order valence-corrected chi connectivity index (χ3v) is 15.7. The third kappa shape index (κ3) is 63.2. The molecule has 0 aliphatic heterocycles. The number of nitrogens with zero attached hydrogens (tertiary/aromatic N) is 1. The molecule has 2 atom stereocenters. The van der Waals surface area contributed by atoms with Gasteiger partial charge in [-0.2, -0.15) is 0 Å². The van der Waals surface area contributed by atoms with Gasteiger partial charge in [-0.1, -0.05) is 295 Å². The molecule has 0 radical (unpaired) electrons. The first-order valence-corrected chi connectivity index (χ1v) is 34.5. The molecular weight excluding hydrogens is 983 g/mol. The Morgan fingerprint density at radius 1 is 0.367 bits per heavy atom. The third-order valence-electron chi connectivity index (χ3n) is 15.7. The van der Waals surface area contributed by atoms with Gasteiger partial charge in [0.15, 0.2) is 6.10 Å². The fourth-order valence-electron chi connectivity index (χ4n) is 10.4. The van der Waals surface area contributed by atoms with Gasteiger partial charge in [0.25, 0.3) is 6.29 Å². The number of esters is 2. The van der Waals surface area contributed by atoms with Gasteiger partial charge in [-0.25, -0.2) is 4.79 Å². The van der Waals surface area contributed by atoms with Crippen LogP contribution in [0.1, 0.15) is 348 Å². The Hall–Kier alpha value is -2.23. The highest BCUT2D eigenvalue weighted by atomic mass is 16.7. The number of aliphatic carboxylic acids is 1. The maximum Gasteiger partial charge on any atom is 0.361 e. The van der Waals surface area contributed by atoms with Crippen molar-refractivity contribution in [1.29, 1.82) is 0 Å². The fraction of sp³-hybridized carbons (Fsp3) is 0.900. The molecule has 79 heavy (non-hydrogen) atoms. The molecule has 0 heterocycles. The number of unbranched alkanes of at least 4 members (excludes halogenated alkanes) is 46. The number of likely N-dealkylation sites (N-methyl/N-ethyl adjacent to an activating group) is 1. The van der Waals surface area contributed by atoms with E-state index in [-0.39, 0.29) is 38.2 Å². The number of hydrogen-bond donors (Lipinski definition) is 1. The highest BCUT2D eigenvalue weighted by Crippen LogP contribution is 2.18. The summed E-state index contributed by atoms with van der Waals surface area (Å²) in [4.78, 5) is 37.6. The van der Waals surface area contributed by atoms with Gasteiger partial charge in [-0.05, 0) is 64.2 Å². The second-order valence-corrected chi connectivity index (χ2v) is 24.8. The van der Waals surface area contributed by atoms with Crippen LogP contribution >= 0.6 is 0 Å². The van der Waals surface area contributed by atoms with Gasteiger partial charge in [0.2, 0.25) is 0 Å². The van der Waals surface area contributed by atoms with Crippen molar-refractivity contribution in [1.82, 2.24) is 0 Å². The lowest BCUT2D eigenvalue weighted by molar-refractivity contribution is -0.870. The van der Waals surface area contributed by atoms with Crippen LogP contribution in [-0.4, -0.2) is 87.4 Å². The van der Waals surface area contributed by atoms with Gasteiger partial charge in [0.1, 0.15) is 13.2 Å². The Kier molecular flexibility index (Phi) is 60.1. The summed E-state index contributed by atoms with van der Waals surface area (Å²) in [7, 11) is 5.99. The molecule has 0 saturated heterocycles. The van der Waals surface area contributed by atoms with Crippen LogP contribution in [0, 0.1) is 0 Å². The Morgan fingerprint density at radius 2 is 0.646 bits per heavy atom. The van der Waals surface area contributed by atoms with Crippen molar-refractivity contribution >= 4 is 17.9 Å². The summed E-state index contributed by atoms with van der Waals surface area (Å²) in [6, 6.07) is 0. The van der Waals surface area contributed by atoms with Crippen LogP contribution in [0.4, 0.5) is 0 Å². The molecule has 9 heteroatoms. The molecule has 1 N–H and O–H groups in total. The highest BCUT2D eigenvalue weighted by Gasteiger charge is 2.25. The highest BCUT2D eigenvalue weighted by molar-refractivity contribution is 5.71. The zero-order valence-electron chi connectivity index (χ0n) is 53.3. The van der Waals surface area contributed by atoms with Crippen molar-refractivity contribution in [2.24, 2.45) is 0 Å². The Balaban J connectivity index is 4.08. The summed E-state index contributed by atoms with van der Waals surface area (Å²) < 4.78 is 23.0. The van der Waals surface area contributed by atoms with E-state index in [0.29, 0.717) is 17.4 Å². The predicted octanol–water partition coefficient (Wildman–Crippen LogP) is 21.0. The first-order chi connectivity index (χ1) is 38.6. The van der Waals surface area contributed by atoms with E-state index >= 15 is 0 Å². The zero-order valence-corrected chi connectivity index (χ0v) is 53.3. The van der Waals surface area contributed by atoms with Crippen LogP contribution < -0.4 is 0 Å². The average molecular weight is 1120 g/mol. The van der Waals surface area contributed by atoms with Crippen LogP contribution in [0.3, 0.4) is 0 Å². The van der Waals surface area contributed by atoms with E-state index in [2.05, 4.69) is 38.2 Å². The second-order valence-electron chi connectivity index (χ2n) is 24.8. The molecule has 2 unspecified atom stereocenters. The van der Waals surface area contributed by atoms with Crippen LogP contribution in [0.2, 0.25) is 0 Å². The maximum atomic E-state index is 12.9. The summed E-state index contributed by atoms with van der Waals surface area (Å²) in [6.45, 7) is 4.95. The Labute approximate surface area is 490 Å². The average Bonchev–Trinajstić information content (AvgIpc) is 3.42. The summed E-state index contributed by atoms with van der Waals surface area (Å²) in [5.74, 6) is -1.98. The number of carbonyl (C=O) groups excluding carboxylic acids is 2. The van der Waals surface area contributed by atoms with Gasteiger partial charge in [-0.15, -0.1) is 0 Å². The number of allylic oxidation sites excluding steroid dienone is 4. The number of quaternary nitrogens is 1. The van der Waals surface area contributed by atoms with Crippen molar-refractivity contribution < 1.29 is 42.9 Å². The number of carboxylic acids is 1. The molecule has 0 fully saturated rings. The summed E-state index contributed by atoms with van der Waals surface area (Å²) in [6.07, 6.45) is 72.9. The monoisotopic (exact) mass is 1120 g/mol. The van der Waals surface area contributed by atoms with Gasteiger partial charge in [-0.3, -0.25) is 9.59 Å². The van der Waals surface area contributed by atoms with Crippen LogP contribution in [0.15, 0.2) is 24.3 Å². The van der Waals surface area contributed by atoms with Crippen LogP contribution in [0.5, 0.6) is 0 Å². The normalized spacial score (nSPS) is 12.8. The minimum absolute atomic E-state index is 0.176. The van der Waals surface area contributed by atoms with E-state index in [9.17, 15) is 19.5 Å². The van der Waals surface area contributed by atoms with Crippen LogP contribution in [0.25, 0.3) is 0 Å². The first kappa shape index (κ1) is 76.8. The smallest absolute Gasteiger partial charge is 0.361 e. The number of rotatable bonds is 65. The van der Waals surface area contributed by atoms with Gasteiger partial charge in [0.05, 0.1) is 34.4 Å². The van der Waals surface area contributed by atoms with E-state index in [1.807, 2.05) is 21.1 Å². The van der Waals surface area contributed by atoms with Gasteiger partial charge < -0.3 is 28.5 Å². The molecule has 0 aliphatic carbocycles. The largest absolute Gasteiger partial charge is 0.477 e. The maximum absolute atomic E-state index is 12.9. The van der Waals surface area contributed by atoms with Crippen molar-refractivity contribution in [3.63, 3.8) is 0 Å². The molecule has 0 rings (SSSR count). The molecule has 0 saturated carbocycles. The first-order valence-electron chi connectivity index (χ1n) is 34.5. The molecule has 0 spiro atoms. The predicted molar refractivity (Wildman–Crippen MR) is 337 cm³/mol. The Morgan fingerprint density at radius 3 is 0.937 bits per heavy atom. The van der Waals surface area contributed by atoms with E-state index in [4.69, 9.17) is 18.9 Å². The topological polar surface area (TPSA) is 108 Å². The van der Waals surface area contributed by atoms with E-state index < -0.39 is 18.4 Å². The van der Waals surface area contributed by atoms with Crippen molar-refractivity contribution in [3.05, 3.63) is 24.3 Å². The lowest BCUT2D eigenvalue weighted by atomic mass is 10.0. The molecule has 0 amide bonds. The molecule has 0 aromatic heterocycles. The van der Waals surface area contributed by atoms with E-state index in [1.54, 1.807) is 0 Å². The SMILES string of the molecule is CCCCCCCCCC/C=C\CCCCCCCCCCCCCCCCCCCC(=O)OC(COC(=O)CCCCCCCCCCCCCCC/C=C\CCCCCCCCCC)COC(OCC[N+](C)(C)C)C(=O)O. The molecular formula is C70H134NO8+. The summed E-state index contributed by atoms with van der Waals surface area (Å²) >= 11 is 0. The molecule has 0 aromatic rings. The fourth-order valence-corrected chi connectivity index (χ4v) is 10.4. The van der Waals surface area contributed by atoms with Crippen molar-refractivity contribution in [2.45, 2.75) is 360 Å². The number of carboxylic acid groups (broad SMARTS) is 1. The quantitative estimate of drug-likeness (QED) is 0.0211. The van der Waals surface area contributed by atoms with Gasteiger partial charge >= 0.3 is 17.9 Å². The van der Waals surface area contributed by atoms with Crippen molar-refractivity contribution in [2.75, 3.05) is 47.5 Å². The molecule has 0 bridgehead atoms. The summed E-state index contributed by atoms with van der Waals surface area (Å²) in [5.41, 5.74) is 0. The lowest BCUT2D eigenvalue weighted by Crippen LogP contribution is -2.40. The standard InChI is InChI=1S/C70H133NO8/c1-6-8-10-12-14-16-18-20-22-24-26-28-30-32-33-34-35-37-39-41-43-45-47-49-51-53-55-57-59-61-68(73)79-66(65-78-70(69(74)75)76-63-62-71(3,4)5)64-77-67(72)60-58-56-54-52-50-48-46-44-42-40-38-36-31-29-27-25-23-21-19-17-15-13-11-9-7-2/h24-27,66,70H,6-23,28-65H2,1-5H3/p+1/b26-24-,27-25-. The van der Waals surface area contributed by atoms with Gasteiger partial charge in [0, 0.05) is 12.8 Å². The number of ether oxygens (including phenoxy) is 4. The molecule has 466 valence electrons. The minimum atomic E-state index is -1.51. The number of carbonyl (C=O) groups is 3. The van der Waals surface area contributed by atoms with Crippen LogP contribution in [-0.2, 0) is 33.3 Å². The van der Waals surface area contributed by atoms with E-state index in [0.717, 1.165) is 38.5 Å². The molecule has 9 nitrogen and oxygen atoms in total. The van der Waals surface area contributed by atoms with E-state index in [1.165, 1.54) is 283 Å². The lowest BCUT2D eigenvalue weighted by Gasteiger charge is -2.25. The summed E-state index contributed by atoms with van der Waals surface area (Å²) in [5, 5.41) is 9.74. The van der Waals surface area contributed by atoms with Crippen molar-refractivity contribution in [3.8, 4) is 0 Å².